The van der Waals surface area contributed by atoms with E-state index < -0.39 is 35.9 Å². The Morgan fingerprint density at radius 1 is 1.11 bits per heavy atom. The summed E-state index contributed by atoms with van der Waals surface area (Å²) in [4.78, 5) is 52.6. The normalized spacial score (nSPS) is 21.3. The van der Waals surface area contributed by atoms with Gasteiger partial charge in [-0.2, -0.15) is 11.8 Å². The Morgan fingerprint density at radius 2 is 1.86 bits per heavy atom. The van der Waals surface area contributed by atoms with Crippen LogP contribution >= 0.6 is 11.8 Å². The van der Waals surface area contributed by atoms with Crippen LogP contribution in [-0.4, -0.2) is 88.1 Å². The van der Waals surface area contributed by atoms with Crippen LogP contribution in [0.15, 0.2) is 24.3 Å². The highest BCUT2D eigenvalue weighted by Crippen LogP contribution is 2.21. The zero-order valence-corrected chi connectivity index (χ0v) is 20.7. The highest BCUT2D eigenvalue weighted by atomic mass is 32.2. The van der Waals surface area contributed by atoms with Crippen LogP contribution in [0.3, 0.4) is 0 Å². The van der Waals surface area contributed by atoms with E-state index in [2.05, 4.69) is 16.0 Å². The van der Waals surface area contributed by atoms with E-state index in [9.17, 15) is 29.4 Å². The van der Waals surface area contributed by atoms with Crippen LogP contribution in [0, 0.1) is 0 Å². The first-order valence-electron chi connectivity index (χ1n) is 11.9. The second-order valence-corrected chi connectivity index (χ2v) is 9.94. The molecule has 1 aromatic rings. The van der Waals surface area contributed by atoms with E-state index in [0.717, 1.165) is 19.4 Å². The third-order valence-electron chi connectivity index (χ3n) is 6.43. The topological polar surface area (TPSA) is 148 Å². The summed E-state index contributed by atoms with van der Waals surface area (Å²) < 4.78 is 0. The van der Waals surface area contributed by atoms with Crippen LogP contribution < -0.4 is 16.0 Å². The number of nitrogens with one attached hydrogen (secondary N) is 3. The molecule has 3 rings (SSSR count). The van der Waals surface area contributed by atoms with E-state index in [1.54, 1.807) is 17.0 Å². The average molecular weight is 507 g/mol. The lowest BCUT2D eigenvalue weighted by Gasteiger charge is -2.28. The molecule has 0 bridgehead atoms. The molecule has 0 aromatic heterocycles. The van der Waals surface area contributed by atoms with E-state index in [-0.39, 0.29) is 30.5 Å². The van der Waals surface area contributed by atoms with Crippen molar-refractivity contribution in [3.05, 3.63) is 29.8 Å². The maximum Gasteiger partial charge on any atom is 0.326 e. The fourth-order valence-corrected chi connectivity index (χ4v) is 4.98. The number of aromatic hydroxyl groups is 1. The number of carbonyl (C=O) groups excluding carboxylic acids is 3. The van der Waals surface area contributed by atoms with Crippen LogP contribution in [0.4, 0.5) is 0 Å². The fourth-order valence-electron chi connectivity index (χ4n) is 4.51. The van der Waals surface area contributed by atoms with Gasteiger partial charge < -0.3 is 31.1 Å². The van der Waals surface area contributed by atoms with Gasteiger partial charge in [0.2, 0.25) is 17.7 Å². The highest BCUT2D eigenvalue weighted by molar-refractivity contribution is 7.98. The smallest absolute Gasteiger partial charge is 0.326 e. The van der Waals surface area contributed by atoms with Crippen molar-refractivity contribution in [2.75, 3.05) is 25.1 Å². The number of aliphatic carboxylic acids is 1. The Balaban J connectivity index is 1.73. The number of phenolic OH excluding ortho intramolecular Hbond substituents is 1. The molecule has 2 aliphatic rings. The molecule has 0 radical (unpaired) electrons. The monoisotopic (exact) mass is 506 g/mol. The third kappa shape index (κ3) is 7.35. The molecule has 4 unspecified atom stereocenters. The van der Waals surface area contributed by atoms with Gasteiger partial charge in [0, 0.05) is 13.0 Å². The number of benzene rings is 1. The van der Waals surface area contributed by atoms with E-state index in [4.69, 9.17) is 0 Å². The molecule has 3 amide bonds. The number of carboxylic acid groups (broad SMARTS) is 1. The summed E-state index contributed by atoms with van der Waals surface area (Å²) in [5.41, 5.74) is 0.689. The molecule has 1 aromatic carbocycles. The van der Waals surface area contributed by atoms with Crippen molar-refractivity contribution in [1.29, 1.82) is 0 Å². The second kappa shape index (κ2) is 12.8. The summed E-state index contributed by atoms with van der Waals surface area (Å²) in [7, 11) is 0. The Hall–Kier alpha value is -2.79. The van der Waals surface area contributed by atoms with Gasteiger partial charge in [0.1, 0.15) is 23.9 Å². The molecule has 0 aliphatic carbocycles. The zero-order chi connectivity index (χ0) is 25.4. The van der Waals surface area contributed by atoms with Crippen LogP contribution in [-0.2, 0) is 25.6 Å². The Labute approximate surface area is 209 Å². The van der Waals surface area contributed by atoms with Gasteiger partial charge in [0.25, 0.3) is 0 Å². The van der Waals surface area contributed by atoms with Crippen molar-refractivity contribution in [2.45, 2.75) is 62.7 Å². The summed E-state index contributed by atoms with van der Waals surface area (Å²) in [6.45, 7) is 1.26. The van der Waals surface area contributed by atoms with Crippen molar-refractivity contribution < 1.29 is 29.4 Å². The van der Waals surface area contributed by atoms with E-state index in [1.165, 1.54) is 23.9 Å². The summed E-state index contributed by atoms with van der Waals surface area (Å²) in [5.74, 6) is -1.64. The van der Waals surface area contributed by atoms with Gasteiger partial charge in [-0.05, 0) is 68.4 Å². The van der Waals surface area contributed by atoms with Crippen molar-refractivity contribution >= 4 is 35.5 Å². The van der Waals surface area contributed by atoms with Crippen molar-refractivity contribution in [3.63, 3.8) is 0 Å². The highest BCUT2D eigenvalue weighted by Gasteiger charge is 2.39. The van der Waals surface area contributed by atoms with Crippen molar-refractivity contribution in [3.8, 4) is 5.75 Å². The lowest BCUT2D eigenvalue weighted by Crippen LogP contribution is -2.57. The van der Waals surface area contributed by atoms with E-state index in [0.29, 0.717) is 30.7 Å². The molecule has 2 fully saturated rings. The largest absolute Gasteiger partial charge is 0.508 e. The van der Waals surface area contributed by atoms with Gasteiger partial charge in [-0.1, -0.05) is 12.1 Å². The van der Waals surface area contributed by atoms with Crippen LogP contribution in [0.1, 0.15) is 37.7 Å². The minimum Gasteiger partial charge on any atom is -0.508 e. The zero-order valence-electron chi connectivity index (χ0n) is 19.9. The first-order chi connectivity index (χ1) is 16.8. The van der Waals surface area contributed by atoms with Crippen molar-refractivity contribution in [1.82, 2.24) is 20.9 Å². The molecular weight excluding hydrogens is 472 g/mol. The molecule has 2 saturated heterocycles. The van der Waals surface area contributed by atoms with Gasteiger partial charge in [-0.3, -0.25) is 14.4 Å². The Kier molecular flexibility index (Phi) is 9.79. The van der Waals surface area contributed by atoms with Gasteiger partial charge in [-0.25, -0.2) is 4.79 Å². The van der Waals surface area contributed by atoms with Gasteiger partial charge in [0.15, 0.2) is 0 Å². The number of thioether (sulfide) groups is 1. The maximum atomic E-state index is 13.3. The quantitative estimate of drug-likeness (QED) is 0.291. The number of hydrogen-bond acceptors (Lipinski definition) is 7. The molecule has 4 atom stereocenters. The number of rotatable bonds is 11. The third-order valence-corrected chi connectivity index (χ3v) is 7.08. The molecule has 10 nitrogen and oxygen atoms in total. The molecule has 0 saturated carbocycles. The van der Waals surface area contributed by atoms with E-state index in [1.807, 2.05) is 6.26 Å². The summed E-state index contributed by atoms with van der Waals surface area (Å²) >= 11 is 1.48. The molecule has 2 heterocycles. The van der Waals surface area contributed by atoms with E-state index >= 15 is 0 Å². The number of nitrogens with zero attached hydrogens (tertiary/aromatic N) is 1. The summed E-state index contributed by atoms with van der Waals surface area (Å²) in [6, 6.07) is 3.17. The van der Waals surface area contributed by atoms with Crippen molar-refractivity contribution in [2.24, 2.45) is 0 Å². The lowest BCUT2D eigenvalue weighted by atomic mass is 10.0. The molecule has 11 heteroatoms. The standard InChI is InChI=1S/C24H34N4O6S/c1-35-13-10-18(24(33)34)26-21(30)19(14-15-6-8-16(29)9-7-15)27-22(31)20-5-3-12-28(20)23(32)17-4-2-11-25-17/h6-9,17-20,25,29H,2-5,10-14H2,1H3,(H,26,30)(H,27,31)(H,33,34). The Bertz CT molecular complexity index is 906. The second-order valence-electron chi connectivity index (χ2n) is 8.95. The van der Waals surface area contributed by atoms with Gasteiger partial charge in [-0.15, -0.1) is 0 Å². The number of amides is 3. The lowest BCUT2D eigenvalue weighted by molar-refractivity contribution is -0.143. The number of carbonyl (C=O) groups is 4. The molecular formula is C24H34N4O6S. The van der Waals surface area contributed by atoms with Crippen LogP contribution in [0.5, 0.6) is 5.75 Å². The fraction of sp³-hybridized carbons (Fsp3) is 0.583. The van der Waals surface area contributed by atoms with Crippen LogP contribution in [0.2, 0.25) is 0 Å². The summed E-state index contributed by atoms with van der Waals surface area (Å²) in [6.07, 6.45) is 5.06. The maximum absolute atomic E-state index is 13.3. The number of likely N-dealkylation sites (tertiary alicyclic amines) is 1. The SMILES string of the molecule is CSCCC(NC(=O)C(Cc1ccc(O)cc1)NC(=O)C1CCCN1C(=O)C1CCCN1)C(=O)O. The number of hydrogen-bond donors (Lipinski definition) is 5. The molecule has 5 N–H and O–H groups in total. The molecule has 0 spiro atoms. The minimum atomic E-state index is -1.14. The Morgan fingerprint density at radius 3 is 2.49 bits per heavy atom. The minimum absolute atomic E-state index is 0.0717. The number of carboxylic acids is 1. The van der Waals surface area contributed by atoms with Gasteiger partial charge in [0.05, 0.1) is 6.04 Å². The molecule has 35 heavy (non-hydrogen) atoms. The summed E-state index contributed by atoms with van der Waals surface area (Å²) in [5, 5.41) is 27.6. The average Bonchev–Trinajstić information content (AvgIpc) is 3.54. The predicted molar refractivity (Wildman–Crippen MR) is 132 cm³/mol. The first kappa shape index (κ1) is 26.8. The van der Waals surface area contributed by atoms with Gasteiger partial charge >= 0.3 is 5.97 Å². The van der Waals surface area contributed by atoms with Crippen LogP contribution in [0.25, 0.3) is 0 Å². The molecule has 2 aliphatic heterocycles. The predicted octanol–water partition coefficient (Wildman–Crippen LogP) is 0.485. The first-order valence-corrected chi connectivity index (χ1v) is 13.3. The molecule has 192 valence electrons. The number of phenols is 1.